The summed E-state index contributed by atoms with van der Waals surface area (Å²) in [7, 11) is 0. The molecule has 2 nitrogen and oxygen atoms in total. The second-order valence-electron chi connectivity index (χ2n) is 4.40. The van der Waals surface area contributed by atoms with Crippen molar-refractivity contribution in [1.82, 2.24) is 0 Å². The van der Waals surface area contributed by atoms with Gasteiger partial charge in [-0.1, -0.05) is 36.7 Å². The second-order valence-corrected chi connectivity index (χ2v) is 5.75. The number of halogens is 1. The Morgan fingerprint density at radius 3 is 2.79 bits per heavy atom. The van der Waals surface area contributed by atoms with Gasteiger partial charge >= 0.3 is 0 Å². The van der Waals surface area contributed by atoms with Crippen molar-refractivity contribution in [3.63, 3.8) is 0 Å². The van der Waals surface area contributed by atoms with Crippen LogP contribution in [-0.4, -0.2) is 0 Å². The Morgan fingerprint density at radius 1 is 1.32 bits per heavy atom. The van der Waals surface area contributed by atoms with Crippen LogP contribution in [0.5, 0.6) is 0 Å². The molecule has 1 aromatic carbocycles. The van der Waals surface area contributed by atoms with Gasteiger partial charge in [0.05, 0.1) is 11.1 Å². The number of benzene rings is 1. The molecule has 19 heavy (non-hydrogen) atoms. The van der Waals surface area contributed by atoms with Crippen LogP contribution in [0.3, 0.4) is 0 Å². The quantitative estimate of drug-likeness (QED) is 0.756. The number of nitrogens with two attached hydrogens (primary N) is 1. The van der Waals surface area contributed by atoms with E-state index in [4.69, 9.17) is 21.8 Å². The molecule has 0 aliphatic carbocycles. The van der Waals surface area contributed by atoms with Gasteiger partial charge in [0, 0.05) is 22.2 Å². The lowest BCUT2D eigenvalue weighted by Crippen LogP contribution is -2.12. The molecule has 0 aliphatic heterocycles. The van der Waals surface area contributed by atoms with Gasteiger partial charge in [0.15, 0.2) is 0 Å². The van der Waals surface area contributed by atoms with E-state index in [1.54, 1.807) is 11.3 Å². The van der Waals surface area contributed by atoms with E-state index in [1.165, 1.54) is 0 Å². The van der Waals surface area contributed by atoms with Gasteiger partial charge in [-0.25, -0.2) is 0 Å². The highest BCUT2D eigenvalue weighted by Gasteiger charge is 2.22. The number of thiophene rings is 1. The predicted molar refractivity (Wildman–Crippen MR) is 81.0 cm³/mol. The zero-order valence-corrected chi connectivity index (χ0v) is 12.1. The molecular formula is C15H14ClNOS. The summed E-state index contributed by atoms with van der Waals surface area (Å²) in [5.41, 5.74) is 8.36. The highest BCUT2D eigenvalue weighted by molar-refractivity contribution is 7.10. The van der Waals surface area contributed by atoms with Crippen LogP contribution in [0.1, 0.15) is 29.2 Å². The Bertz CT molecular complexity index is 716. The first-order valence-electron chi connectivity index (χ1n) is 6.21. The lowest BCUT2D eigenvalue weighted by atomic mass is 10.0. The van der Waals surface area contributed by atoms with E-state index in [0.29, 0.717) is 0 Å². The molecule has 98 valence electrons. The monoisotopic (exact) mass is 291 g/mol. The van der Waals surface area contributed by atoms with Crippen molar-refractivity contribution >= 4 is 33.9 Å². The van der Waals surface area contributed by atoms with Crippen LogP contribution in [0.4, 0.5) is 0 Å². The summed E-state index contributed by atoms with van der Waals surface area (Å²) in [6.45, 7) is 2.07. The van der Waals surface area contributed by atoms with E-state index in [2.05, 4.69) is 13.0 Å². The highest BCUT2D eigenvalue weighted by atomic mass is 35.5. The van der Waals surface area contributed by atoms with Gasteiger partial charge in [-0.05, 0) is 17.5 Å². The van der Waals surface area contributed by atoms with Gasteiger partial charge in [0.2, 0.25) is 0 Å². The van der Waals surface area contributed by atoms with Gasteiger partial charge < -0.3 is 10.2 Å². The van der Waals surface area contributed by atoms with Crippen LogP contribution in [-0.2, 0) is 6.42 Å². The van der Waals surface area contributed by atoms with Gasteiger partial charge in [-0.3, -0.25) is 0 Å². The van der Waals surface area contributed by atoms with E-state index in [0.717, 1.165) is 38.6 Å². The molecule has 4 heteroatoms. The predicted octanol–water partition coefficient (Wildman–Crippen LogP) is 4.76. The summed E-state index contributed by atoms with van der Waals surface area (Å²) < 4.78 is 5.89. The Morgan fingerprint density at radius 2 is 2.11 bits per heavy atom. The summed E-state index contributed by atoms with van der Waals surface area (Å²) in [4.78, 5) is 0.989. The van der Waals surface area contributed by atoms with Gasteiger partial charge in [0.1, 0.15) is 11.3 Å². The third-order valence-corrected chi connectivity index (χ3v) is 4.71. The number of fused-ring (bicyclic) bond motifs is 1. The van der Waals surface area contributed by atoms with Crippen LogP contribution in [0.2, 0.25) is 5.02 Å². The van der Waals surface area contributed by atoms with E-state index >= 15 is 0 Å². The molecule has 2 heterocycles. The summed E-state index contributed by atoms with van der Waals surface area (Å²) in [6.07, 6.45) is 0.820. The third kappa shape index (κ3) is 2.08. The molecule has 2 N–H and O–H groups in total. The molecule has 0 fully saturated rings. The van der Waals surface area contributed by atoms with Gasteiger partial charge in [-0.15, -0.1) is 11.3 Å². The molecule has 3 aromatic rings. The van der Waals surface area contributed by atoms with Crippen LogP contribution in [0.15, 0.2) is 40.1 Å². The smallest absolute Gasteiger partial charge is 0.134 e. The summed E-state index contributed by atoms with van der Waals surface area (Å²) in [5, 5.41) is 3.77. The molecule has 3 rings (SSSR count). The summed E-state index contributed by atoms with van der Waals surface area (Å²) >= 11 is 7.78. The van der Waals surface area contributed by atoms with Crippen LogP contribution in [0.25, 0.3) is 11.0 Å². The average Bonchev–Trinajstić information content (AvgIpc) is 3.01. The lowest BCUT2D eigenvalue weighted by Gasteiger charge is -2.11. The standard InChI is InChI=1S/C15H14ClNOS/c1-2-11-13(9-5-3-4-6-12(9)18-11)14(17)15-10(16)7-8-19-15/h3-8,14H,2,17H2,1H3. The van der Waals surface area contributed by atoms with Crippen molar-refractivity contribution in [2.24, 2.45) is 5.73 Å². The van der Waals surface area contributed by atoms with E-state index in [1.807, 2.05) is 29.6 Å². The maximum atomic E-state index is 6.41. The van der Waals surface area contributed by atoms with Crippen molar-refractivity contribution in [3.8, 4) is 0 Å². The summed E-state index contributed by atoms with van der Waals surface area (Å²) in [5.74, 6) is 0.943. The van der Waals surface area contributed by atoms with E-state index < -0.39 is 0 Å². The molecule has 0 aliphatic rings. The SMILES string of the molecule is CCc1oc2ccccc2c1C(N)c1sccc1Cl. The number of rotatable bonds is 3. The molecule has 1 unspecified atom stereocenters. The molecule has 1 atom stereocenters. The van der Waals surface area contributed by atoms with Crippen molar-refractivity contribution in [1.29, 1.82) is 0 Å². The zero-order valence-electron chi connectivity index (χ0n) is 10.5. The summed E-state index contributed by atoms with van der Waals surface area (Å²) in [6, 6.07) is 9.65. The van der Waals surface area contributed by atoms with Crippen LogP contribution in [0, 0.1) is 0 Å². The highest BCUT2D eigenvalue weighted by Crippen LogP contribution is 2.37. The maximum absolute atomic E-state index is 6.41. The van der Waals surface area contributed by atoms with Crippen molar-refractivity contribution in [3.05, 3.63) is 56.9 Å². The third-order valence-electron chi connectivity index (χ3n) is 3.27. The average molecular weight is 292 g/mol. The van der Waals surface area contributed by atoms with Gasteiger partial charge in [-0.2, -0.15) is 0 Å². The first-order valence-corrected chi connectivity index (χ1v) is 7.47. The second kappa shape index (κ2) is 5.00. The number of furan rings is 1. The van der Waals surface area contributed by atoms with Crippen LogP contribution >= 0.6 is 22.9 Å². The molecule has 0 radical (unpaired) electrons. The number of aryl methyl sites for hydroxylation is 1. The fraction of sp³-hybridized carbons (Fsp3) is 0.200. The van der Waals surface area contributed by atoms with Gasteiger partial charge in [0.25, 0.3) is 0 Å². The fourth-order valence-corrected chi connectivity index (χ4v) is 3.56. The molecule has 2 aromatic heterocycles. The Hall–Kier alpha value is -1.29. The Kier molecular flexibility index (Phi) is 3.35. The maximum Gasteiger partial charge on any atom is 0.134 e. The number of hydrogen-bond donors (Lipinski definition) is 1. The topological polar surface area (TPSA) is 39.2 Å². The molecule has 0 saturated carbocycles. The number of hydrogen-bond acceptors (Lipinski definition) is 3. The zero-order chi connectivity index (χ0) is 13.4. The van der Waals surface area contributed by atoms with E-state index in [-0.39, 0.29) is 6.04 Å². The first kappa shape index (κ1) is 12.7. The Labute approximate surface area is 120 Å². The lowest BCUT2D eigenvalue weighted by molar-refractivity contribution is 0.547. The molecule has 0 spiro atoms. The normalized spacial score (nSPS) is 13.0. The van der Waals surface area contributed by atoms with Crippen LogP contribution < -0.4 is 5.73 Å². The minimum Gasteiger partial charge on any atom is -0.461 e. The largest absolute Gasteiger partial charge is 0.461 e. The van der Waals surface area contributed by atoms with Crippen molar-refractivity contribution in [2.75, 3.05) is 0 Å². The Balaban J connectivity index is 2.21. The molecule has 0 amide bonds. The first-order chi connectivity index (χ1) is 9.22. The van der Waals surface area contributed by atoms with Crippen molar-refractivity contribution in [2.45, 2.75) is 19.4 Å². The van der Waals surface area contributed by atoms with E-state index in [9.17, 15) is 0 Å². The minimum atomic E-state index is -0.230. The fourth-order valence-electron chi connectivity index (χ4n) is 2.38. The molecule has 0 saturated heterocycles. The number of para-hydroxylation sites is 1. The molecule has 0 bridgehead atoms. The van der Waals surface area contributed by atoms with Crippen molar-refractivity contribution < 1.29 is 4.42 Å². The minimum absolute atomic E-state index is 0.230. The molecular weight excluding hydrogens is 278 g/mol.